The summed E-state index contributed by atoms with van der Waals surface area (Å²) in [5, 5.41) is 30.6. The standard InChI is InChI=1S/C20H19NO5/c1-10(23)17-16-8-15(18(20(25)26)21(16)19(17)24)14-5-4-12-6-11(9-22)2-3-13(12)7-14/h2-7,10,16-17,22-23H,8-9H2,1H3,(H,25,26)/t10-,16-,17-/m1/s1. The number of benzene rings is 2. The largest absolute Gasteiger partial charge is 0.477 e. The highest BCUT2D eigenvalue weighted by Crippen LogP contribution is 2.47. The first kappa shape index (κ1) is 16.8. The number of carboxylic acids is 1. The maximum atomic E-state index is 12.3. The van der Waals surface area contributed by atoms with Crippen LogP contribution in [0.3, 0.4) is 0 Å². The Morgan fingerprint density at radius 1 is 1.23 bits per heavy atom. The highest BCUT2D eigenvalue weighted by atomic mass is 16.4. The molecule has 134 valence electrons. The second-order valence-electron chi connectivity index (χ2n) is 6.93. The van der Waals surface area contributed by atoms with E-state index >= 15 is 0 Å². The Bertz CT molecular complexity index is 962. The summed E-state index contributed by atoms with van der Waals surface area (Å²) in [7, 11) is 0. The molecule has 3 N–H and O–H groups in total. The number of aliphatic hydroxyl groups excluding tert-OH is 2. The third-order valence-corrected chi connectivity index (χ3v) is 5.37. The van der Waals surface area contributed by atoms with Crippen LogP contribution in [-0.4, -0.2) is 44.2 Å². The molecule has 3 atom stereocenters. The zero-order chi connectivity index (χ0) is 18.6. The van der Waals surface area contributed by atoms with Gasteiger partial charge in [-0.15, -0.1) is 0 Å². The molecule has 2 aromatic carbocycles. The number of rotatable bonds is 4. The molecule has 4 rings (SSSR count). The summed E-state index contributed by atoms with van der Waals surface area (Å²) in [5.74, 6) is -2.00. The third kappa shape index (κ3) is 2.34. The fourth-order valence-corrected chi connectivity index (χ4v) is 4.11. The van der Waals surface area contributed by atoms with Gasteiger partial charge in [-0.3, -0.25) is 4.79 Å². The highest BCUT2D eigenvalue weighted by Gasteiger charge is 2.56. The number of carboxylic acid groups (broad SMARTS) is 1. The van der Waals surface area contributed by atoms with Crippen LogP contribution in [0.5, 0.6) is 0 Å². The number of hydrogen-bond donors (Lipinski definition) is 3. The lowest BCUT2D eigenvalue weighted by molar-refractivity contribution is -0.161. The molecule has 2 aliphatic heterocycles. The minimum atomic E-state index is -1.13. The first-order valence-corrected chi connectivity index (χ1v) is 8.54. The van der Waals surface area contributed by atoms with Crippen molar-refractivity contribution in [2.45, 2.75) is 32.1 Å². The number of carbonyl (C=O) groups is 2. The van der Waals surface area contributed by atoms with Gasteiger partial charge in [0.05, 0.1) is 24.7 Å². The zero-order valence-electron chi connectivity index (χ0n) is 14.2. The molecule has 2 heterocycles. The van der Waals surface area contributed by atoms with Crippen LogP contribution >= 0.6 is 0 Å². The van der Waals surface area contributed by atoms with Gasteiger partial charge in [0.2, 0.25) is 5.91 Å². The van der Waals surface area contributed by atoms with Gasteiger partial charge in [-0.1, -0.05) is 24.3 Å². The van der Waals surface area contributed by atoms with E-state index in [0.717, 1.165) is 21.9 Å². The summed E-state index contributed by atoms with van der Waals surface area (Å²) in [4.78, 5) is 25.4. The quantitative estimate of drug-likeness (QED) is 0.728. The Labute approximate surface area is 150 Å². The fraction of sp³-hybridized carbons (Fsp3) is 0.300. The molecule has 1 saturated heterocycles. The number of nitrogens with zero attached hydrogens (tertiary/aromatic N) is 1. The first-order valence-electron chi connectivity index (χ1n) is 8.54. The Morgan fingerprint density at radius 3 is 2.58 bits per heavy atom. The van der Waals surface area contributed by atoms with Gasteiger partial charge < -0.3 is 20.2 Å². The second kappa shape index (κ2) is 5.93. The van der Waals surface area contributed by atoms with Crippen LogP contribution in [0.4, 0.5) is 0 Å². The van der Waals surface area contributed by atoms with Crippen LogP contribution in [0.25, 0.3) is 16.3 Å². The Hall–Kier alpha value is -2.70. The van der Waals surface area contributed by atoms with Crippen molar-refractivity contribution in [3.63, 3.8) is 0 Å². The number of carbonyl (C=O) groups excluding carboxylic acids is 1. The van der Waals surface area contributed by atoms with E-state index in [2.05, 4.69) is 0 Å². The van der Waals surface area contributed by atoms with Crippen molar-refractivity contribution in [3.8, 4) is 0 Å². The number of aliphatic hydroxyl groups is 2. The van der Waals surface area contributed by atoms with Gasteiger partial charge in [0.1, 0.15) is 5.70 Å². The highest BCUT2D eigenvalue weighted by molar-refractivity contribution is 6.06. The minimum Gasteiger partial charge on any atom is -0.477 e. The topological polar surface area (TPSA) is 98.1 Å². The molecular formula is C20H19NO5. The molecule has 6 nitrogen and oxygen atoms in total. The molecule has 2 aromatic rings. The molecule has 0 aromatic heterocycles. The van der Waals surface area contributed by atoms with Gasteiger partial charge in [0.25, 0.3) is 0 Å². The van der Waals surface area contributed by atoms with Crippen LogP contribution in [0.1, 0.15) is 24.5 Å². The van der Waals surface area contributed by atoms with E-state index in [1.165, 1.54) is 4.90 Å². The average Bonchev–Trinajstić information content (AvgIpc) is 2.95. The first-order chi connectivity index (χ1) is 12.4. The lowest BCUT2D eigenvalue weighted by Crippen LogP contribution is -2.61. The van der Waals surface area contributed by atoms with E-state index in [1.54, 1.807) is 6.92 Å². The van der Waals surface area contributed by atoms with Gasteiger partial charge in [0, 0.05) is 0 Å². The van der Waals surface area contributed by atoms with Crippen molar-refractivity contribution in [1.29, 1.82) is 0 Å². The summed E-state index contributed by atoms with van der Waals surface area (Å²) in [6.07, 6.45) is -0.380. The molecule has 0 saturated carbocycles. The monoisotopic (exact) mass is 353 g/mol. The summed E-state index contributed by atoms with van der Waals surface area (Å²) in [6.45, 7) is 1.53. The molecule has 0 aliphatic carbocycles. The smallest absolute Gasteiger partial charge is 0.352 e. The molecule has 26 heavy (non-hydrogen) atoms. The molecule has 0 unspecified atom stereocenters. The van der Waals surface area contributed by atoms with E-state index in [9.17, 15) is 24.9 Å². The molecule has 6 heteroatoms. The fourth-order valence-electron chi connectivity index (χ4n) is 4.11. The van der Waals surface area contributed by atoms with Crippen LogP contribution < -0.4 is 0 Å². The van der Waals surface area contributed by atoms with E-state index in [-0.39, 0.29) is 24.3 Å². The summed E-state index contributed by atoms with van der Waals surface area (Å²) < 4.78 is 0. The average molecular weight is 353 g/mol. The van der Waals surface area contributed by atoms with Gasteiger partial charge in [-0.2, -0.15) is 0 Å². The predicted molar refractivity (Wildman–Crippen MR) is 94.8 cm³/mol. The summed E-state index contributed by atoms with van der Waals surface area (Å²) >= 11 is 0. The zero-order valence-corrected chi connectivity index (χ0v) is 14.2. The molecular weight excluding hydrogens is 334 g/mol. The van der Waals surface area contributed by atoms with Crippen molar-refractivity contribution in [2.75, 3.05) is 0 Å². The maximum Gasteiger partial charge on any atom is 0.352 e. The van der Waals surface area contributed by atoms with Crippen molar-refractivity contribution in [1.82, 2.24) is 4.90 Å². The molecule has 0 bridgehead atoms. The van der Waals surface area contributed by atoms with Crippen molar-refractivity contribution in [3.05, 3.63) is 53.2 Å². The van der Waals surface area contributed by atoms with Crippen molar-refractivity contribution >= 4 is 28.2 Å². The Balaban J connectivity index is 1.78. The van der Waals surface area contributed by atoms with Crippen LogP contribution in [0.15, 0.2) is 42.1 Å². The lowest BCUT2D eigenvalue weighted by Gasteiger charge is -2.44. The van der Waals surface area contributed by atoms with Crippen LogP contribution in [0.2, 0.25) is 0 Å². The second-order valence-corrected chi connectivity index (χ2v) is 6.93. The van der Waals surface area contributed by atoms with Gasteiger partial charge in [-0.05, 0) is 52.9 Å². The number of amides is 1. The number of hydrogen-bond acceptors (Lipinski definition) is 4. The lowest BCUT2D eigenvalue weighted by atomic mass is 9.82. The van der Waals surface area contributed by atoms with Gasteiger partial charge >= 0.3 is 5.97 Å². The van der Waals surface area contributed by atoms with E-state index in [0.29, 0.717) is 12.0 Å². The summed E-state index contributed by atoms with van der Waals surface area (Å²) in [6, 6.07) is 10.9. The number of β-lactam (4-membered cyclic amide) rings is 1. The molecule has 2 aliphatic rings. The molecule has 1 fully saturated rings. The number of fused-ring (bicyclic) bond motifs is 2. The minimum absolute atomic E-state index is 0.0169. The van der Waals surface area contributed by atoms with Crippen LogP contribution in [0, 0.1) is 5.92 Å². The molecule has 1 amide bonds. The van der Waals surface area contributed by atoms with E-state index in [1.807, 2.05) is 36.4 Å². The summed E-state index contributed by atoms with van der Waals surface area (Å²) in [5.41, 5.74) is 2.21. The SMILES string of the molecule is C[C@@H](O)[C@H]1C(=O)N2C(C(=O)O)=C(c3ccc4cc(CO)ccc4c3)C[C@H]12. The van der Waals surface area contributed by atoms with Crippen LogP contribution in [-0.2, 0) is 16.2 Å². The van der Waals surface area contributed by atoms with Crippen molar-refractivity contribution in [2.24, 2.45) is 5.92 Å². The number of aliphatic carboxylic acids is 1. The molecule has 0 radical (unpaired) electrons. The van der Waals surface area contributed by atoms with Gasteiger partial charge in [-0.25, -0.2) is 4.79 Å². The third-order valence-electron chi connectivity index (χ3n) is 5.37. The Kier molecular flexibility index (Phi) is 3.82. The normalized spacial score (nSPS) is 23.2. The predicted octanol–water partition coefficient (Wildman–Crippen LogP) is 1.74. The Morgan fingerprint density at radius 2 is 1.92 bits per heavy atom. The maximum absolute atomic E-state index is 12.3. The van der Waals surface area contributed by atoms with E-state index in [4.69, 9.17) is 0 Å². The van der Waals surface area contributed by atoms with E-state index < -0.39 is 18.0 Å². The molecule has 0 spiro atoms. The van der Waals surface area contributed by atoms with Gasteiger partial charge in [0.15, 0.2) is 0 Å². The van der Waals surface area contributed by atoms with Crippen molar-refractivity contribution < 1.29 is 24.9 Å².